The van der Waals surface area contributed by atoms with E-state index in [0.29, 0.717) is 51.4 Å². The fraction of sp³-hybridized carbons (Fsp3) is 0.600. The summed E-state index contributed by atoms with van der Waals surface area (Å²) < 4.78 is 0. The lowest BCUT2D eigenvalue weighted by Crippen LogP contribution is -2.23. The Kier molecular flexibility index (Phi) is 5.84. The van der Waals surface area contributed by atoms with Gasteiger partial charge in [0.1, 0.15) is 11.5 Å². The van der Waals surface area contributed by atoms with Crippen LogP contribution < -0.4 is 0 Å². The molecule has 6 nitrogen and oxygen atoms in total. The molecule has 1 aromatic carbocycles. The van der Waals surface area contributed by atoms with Crippen LogP contribution in [0.1, 0.15) is 63.5 Å². The highest BCUT2D eigenvalue weighted by atomic mass is 16.4. The lowest BCUT2D eigenvalue weighted by atomic mass is 9.85. The molecule has 144 valence electrons. The number of carboxylic acids is 2. The van der Waals surface area contributed by atoms with Gasteiger partial charge in [0.05, 0.1) is 10.8 Å². The maximum Gasteiger partial charge on any atom is 0.309 e. The topological polar surface area (TPSA) is 115 Å². The lowest BCUT2D eigenvalue weighted by molar-refractivity contribution is -0.147. The van der Waals surface area contributed by atoms with Gasteiger partial charge in [-0.2, -0.15) is 0 Å². The molecule has 1 aliphatic rings. The molecule has 1 aliphatic carbocycles. The van der Waals surface area contributed by atoms with Crippen molar-refractivity contribution < 1.29 is 30.0 Å². The molecular formula is C20H28O6. The van der Waals surface area contributed by atoms with Gasteiger partial charge in [-0.3, -0.25) is 9.59 Å². The zero-order chi connectivity index (χ0) is 19.5. The summed E-state index contributed by atoms with van der Waals surface area (Å²) in [6.07, 6.45) is 4.85. The van der Waals surface area contributed by atoms with Crippen molar-refractivity contribution in [2.45, 2.75) is 65.2 Å². The third-order valence-electron chi connectivity index (χ3n) is 5.52. The average Bonchev–Trinajstić information content (AvgIpc) is 3.30. The number of hydrogen-bond donors (Lipinski definition) is 4. The second-order valence-corrected chi connectivity index (χ2v) is 8.08. The second kappa shape index (κ2) is 7.56. The van der Waals surface area contributed by atoms with Gasteiger partial charge in [-0.1, -0.05) is 0 Å². The molecule has 1 aromatic rings. The van der Waals surface area contributed by atoms with Gasteiger partial charge in [0, 0.05) is 6.07 Å². The number of rotatable bonds is 10. The second-order valence-electron chi connectivity index (χ2n) is 8.08. The summed E-state index contributed by atoms with van der Waals surface area (Å²) in [6.45, 7) is 3.36. The molecule has 26 heavy (non-hydrogen) atoms. The Hall–Kier alpha value is -2.24. The van der Waals surface area contributed by atoms with E-state index in [1.807, 2.05) is 0 Å². The number of phenolic OH excluding ortho intramolecular Hbond substituents is 2. The van der Waals surface area contributed by atoms with E-state index in [1.165, 1.54) is 6.07 Å². The predicted molar refractivity (Wildman–Crippen MR) is 96.4 cm³/mol. The fourth-order valence-corrected chi connectivity index (χ4v) is 3.36. The number of carbonyl (C=O) groups is 2. The molecule has 0 radical (unpaired) electrons. The molecule has 0 aromatic heterocycles. The van der Waals surface area contributed by atoms with Gasteiger partial charge in [0.25, 0.3) is 0 Å². The first-order valence-corrected chi connectivity index (χ1v) is 9.08. The van der Waals surface area contributed by atoms with Crippen molar-refractivity contribution in [2.24, 2.45) is 10.8 Å². The van der Waals surface area contributed by atoms with Gasteiger partial charge >= 0.3 is 11.9 Å². The van der Waals surface area contributed by atoms with E-state index < -0.39 is 22.8 Å². The van der Waals surface area contributed by atoms with Gasteiger partial charge < -0.3 is 20.4 Å². The quantitative estimate of drug-likeness (QED) is 0.503. The van der Waals surface area contributed by atoms with Crippen molar-refractivity contribution in [3.63, 3.8) is 0 Å². The van der Waals surface area contributed by atoms with Gasteiger partial charge in [0.2, 0.25) is 0 Å². The summed E-state index contributed by atoms with van der Waals surface area (Å²) >= 11 is 0. The van der Waals surface area contributed by atoms with Crippen LogP contribution in [-0.2, 0) is 22.4 Å². The largest absolute Gasteiger partial charge is 0.508 e. The van der Waals surface area contributed by atoms with Crippen LogP contribution in [0.2, 0.25) is 0 Å². The molecule has 0 saturated heterocycles. The molecule has 0 aliphatic heterocycles. The Morgan fingerprint density at radius 1 is 1.08 bits per heavy atom. The Labute approximate surface area is 153 Å². The maximum atomic E-state index is 11.3. The molecule has 0 unspecified atom stereocenters. The van der Waals surface area contributed by atoms with Crippen molar-refractivity contribution >= 4 is 11.9 Å². The normalized spacial score (nSPS) is 15.6. The number of benzene rings is 1. The fourth-order valence-electron chi connectivity index (χ4n) is 3.36. The average molecular weight is 364 g/mol. The number of aryl methyl sites for hydroxylation is 1. The van der Waals surface area contributed by atoms with Crippen LogP contribution in [0.25, 0.3) is 0 Å². The van der Waals surface area contributed by atoms with E-state index in [1.54, 1.807) is 19.9 Å². The minimum Gasteiger partial charge on any atom is -0.508 e. The zero-order valence-corrected chi connectivity index (χ0v) is 15.4. The number of hydrogen-bond acceptors (Lipinski definition) is 4. The summed E-state index contributed by atoms with van der Waals surface area (Å²) in [5, 5.41) is 38.4. The smallest absolute Gasteiger partial charge is 0.309 e. The molecule has 0 amide bonds. The Bertz CT molecular complexity index is 688. The van der Waals surface area contributed by atoms with Crippen LogP contribution in [0, 0.1) is 10.8 Å². The summed E-state index contributed by atoms with van der Waals surface area (Å²) in [4.78, 5) is 22.5. The SMILES string of the molecule is CC(C)(CCCc1cc(O)cc(O)c1CCCC1(C(=O)O)CC1)C(=O)O. The van der Waals surface area contributed by atoms with Crippen LogP contribution >= 0.6 is 0 Å². The van der Waals surface area contributed by atoms with Crippen LogP contribution in [0.4, 0.5) is 0 Å². The number of phenols is 2. The summed E-state index contributed by atoms with van der Waals surface area (Å²) in [6, 6.07) is 2.90. The molecule has 6 heteroatoms. The highest BCUT2D eigenvalue weighted by Crippen LogP contribution is 2.50. The third kappa shape index (κ3) is 4.68. The predicted octanol–water partition coefficient (Wildman–Crippen LogP) is 3.72. The van der Waals surface area contributed by atoms with Crippen molar-refractivity contribution in [1.82, 2.24) is 0 Å². The minimum absolute atomic E-state index is 0.0117. The van der Waals surface area contributed by atoms with E-state index >= 15 is 0 Å². The van der Waals surface area contributed by atoms with Crippen LogP contribution in [0.3, 0.4) is 0 Å². The standard InChI is InChI=1S/C20H28O6/c1-19(2,17(23)24)7-3-5-13-11-14(21)12-16(22)15(13)6-4-8-20(9-10-20)18(25)26/h11-12,21-22H,3-10H2,1-2H3,(H,23,24)(H,25,26). The molecular weight excluding hydrogens is 336 g/mol. The molecule has 0 bridgehead atoms. The van der Waals surface area contributed by atoms with E-state index in [-0.39, 0.29) is 11.5 Å². The first-order chi connectivity index (χ1) is 12.1. The van der Waals surface area contributed by atoms with Crippen molar-refractivity contribution in [1.29, 1.82) is 0 Å². The number of aliphatic carboxylic acids is 2. The Balaban J connectivity index is 2.01. The van der Waals surface area contributed by atoms with Gasteiger partial charge in [-0.15, -0.1) is 0 Å². The first-order valence-electron chi connectivity index (χ1n) is 9.08. The van der Waals surface area contributed by atoms with Crippen LogP contribution in [0.15, 0.2) is 12.1 Å². The van der Waals surface area contributed by atoms with Crippen molar-refractivity contribution in [3.05, 3.63) is 23.3 Å². The van der Waals surface area contributed by atoms with E-state index in [4.69, 9.17) is 0 Å². The lowest BCUT2D eigenvalue weighted by Gasteiger charge is -2.19. The van der Waals surface area contributed by atoms with E-state index in [0.717, 1.165) is 11.1 Å². The highest BCUT2D eigenvalue weighted by molar-refractivity contribution is 5.77. The molecule has 0 spiro atoms. The molecule has 1 fully saturated rings. The Morgan fingerprint density at radius 3 is 2.27 bits per heavy atom. The van der Waals surface area contributed by atoms with Crippen LogP contribution in [-0.4, -0.2) is 32.4 Å². The molecule has 0 heterocycles. The van der Waals surface area contributed by atoms with Gasteiger partial charge in [-0.25, -0.2) is 0 Å². The number of aromatic hydroxyl groups is 2. The molecule has 0 atom stereocenters. The van der Waals surface area contributed by atoms with Gasteiger partial charge in [0.15, 0.2) is 0 Å². The van der Waals surface area contributed by atoms with Gasteiger partial charge in [-0.05, 0) is 82.4 Å². The minimum atomic E-state index is -0.847. The maximum absolute atomic E-state index is 11.3. The number of carboxylic acid groups (broad SMARTS) is 2. The molecule has 4 N–H and O–H groups in total. The van der Waals surface area contributed by atoms with Crippen molar-refractivity contribution in [2.75, 3.05) is 0 Å². The van der Waals surface area contributed by atoms with E-state index in [9.17, 15) is 30.0 Å². The highest BCUT2D eigenvalue weighted by Gasteiger charge is 2.49. The summed E-state index contributed by atoms with van der Waals surface area (Å²) in [5.41, 5.74) is 0.109. The first kappa shape index (κ1) is 20.1. The summed E-state index contributed by atoms with van der Waals surface area (Å²) in [7, 11) is 0. The molecule has 2 rings (SSSR count). The zero-order valence-electron chi connectivity index (χ0n) is 15.4. The van der Waals surface area contributed by atoms with Crippen LogP contribution in [0.5, 0.6) is 11.5 Å². The van der Waals surface area contributed by atoms with Crippen molar-refractivity contribution in [3.8, 4) is 11.5 Å². The third-order valence-corrected chi connectivity index (χ3v) is 5.52. The Morgan fingerprint density at radius 2 is 1.73 bits per heavy atom. The van der Waals surface area contributed by atoms with E-state index in [2.05, 4.69) is 0 Å². The summed E-state index contributed by atoms with van der Waals surface area (Å²) in [5.74, 6) is -1.61. The molecule has 1 saturated carbocycles. The monoisotopic (exact) mass is 364 g/mol.